The summed E-state index contributed by atoms with van der Waals surface area (Å²) >= 11 is 0. The first-order chi connectivity index (χ1) is 11.0. The molecule has 1 fully saturated rings. The largest absolute Gasteiger partial charge is 0.376 e. The smallest absolute Gasteiger partial charge is 0.267 e. The van der Waals surface area contributed by atoms with E-state index in [2.05, 4.69) is 12.2 Å². The molecule has 120 valence electrons. The summed E-state index contributed by atoms with van der Waals surface area (Å²) in [6, 6.07) is 8.59. The molecular formula is C18H21N3O2. The Bertz CT molecular complexity index is 656. The lowest BCUT2D eigenvalue weighted by Crippen LogP contribution is -2.31. The van der Waals surface area contributed by atoms with Crippen LogP contribution in [-0.2, 0) is 4.79 Å². The number of nitriles is 1. The van der Waals surface area contributed by atoms with Crippen LogP contribution in [0.4, 0.5) is 5.69 Å². The van der Waals surface area contributed by atoms with Gasteiger partial charge >= 0.3 is 0 Å². The average molecular weight is 311 g/mol. The van der Waals surface area contributed by atoms with E-state index in [9.17, 15) is 14.9 Å². The van der Waals surface area contributed by atoms with Crippen LogP contribution < -0.4 is 5.32 Å². The van der Waals surface area contributed by atoms with Gasteiger partial charge < -0.3 is 10.2 Å². The summed E-state index contributed by atoms with van der Waals surface area (Å²) in [6.07, 6.45) is 3.90. The zero-order chi connectivity index (χ0) is 16.8. The highest BCUT2D eigenvalue weighted by Gasteiger charge is 2.17. The number of nitrogens with one attached hydrogen (secondary N) is 1. The minimum Gasteiger partial charge on any atom is -0.376 e. The standard InChI is InChI=1S/C18H21N3O2/c1-13-4-3-9-21(11-13)12-16(10-19)18(23)20-17-7-5-15(6-8-17)14(2)22/h5-8,12-13H,3-4,9,11H2,1-2H3,(H,20,23)/b16-12-. The van der Waals surface area contributed by atoms with E-state index in [1.165, 1.54) is 13.3 Å². The summed E-state index contributed by atoms with van der Waals surface area (Å²) in [5.41, 5.74) is 1.24. The van der Waals surface area contributed by atoms with Crippen molar-refractivity contribution in [3.8, 4) is 6.07 Å². The van der Waals surface area contributed by atoms with Gasteiger partial charge in [-0.2, -0.15) is 5.26 Å². The maximum Gasteiger partial charge on any atom is 0.267 e. The van der Waals surface area contributed by atoms with E-state index >= 15 is 0 Å². The number of nitrogens with zero attached hydrogens (tertiary/aromatic N) is 2. The van der Waals surface area contributed by atoms with E-state index in [-0.39, 0.29) is 11.4 Å². The van der Waals surface area contributed by atoms with Gasteiger partial charge in [0.05, 0.1) is 0 Å². The second-order valence-electron chi connectivity index (χ2n) is 5.98. The van der Waals surface area contributed by atoms with Gasteiger partial charge in [-0.25, -0.2) is 0 Å². The minimum absolute atomic E-state index is 0.0281. The Kier molecular flexibility index (Phi) is 5.53. The van der Waals surface area contributed by atoms with Gasteiger partial charge in [0.2, 0.25) is 0 Å². The van der Waals surface area contributed by atoms with Crippen LogP contribution in [0, 0.1) is 17.2 Å². The number of amides is 1. The van der Waals surface area contributed by atoms with Crippen molar-refractivity contribution in [2.75, 3.05) is 18.4 Å². The normalized spacial score (nSPS) is 18.2. The third-order valence-electron chi connectivity index (χ3n) is 3.91. The molecule has 0 aliphatic carbocycles. The number of Topliss-reactive ketones (excluding diaryl/α,β-unsaturated/α-hetero) is 1. The number of rotatable bonds is 4. The molecular weight excluding hydrogens is 290 g/mol. The minimum atomic E-state index is -0.429. The zero-order valence-corrected chi connectivity index (χ0v) is 13.5. The number of likely N-dealkylation sites (tertiary alicyclic amines) is 1. The fourth-order valence-corrected chi connectivity index (χ4v) is 2.65. The van der Waals surface area contributed by atoms with Crippen LogP contribution in [0.3, 0.4) is 0 Å². The van der Waals surface area contributed by atoms with E-state index in [0.29, 0.717) is 17.2 Å². The molecule has 1 aliphatic heterocycles. The van der Waals surface area contributed by atoms with Crippen LogP contribution in [0.2, 0.25) is 0 Å². The molecule has 1 amide bonds. The number of piperidine rings is 1. The fraction of sp³-hybridized carbons (Fsp3) is 0.389. The third kappa shape index (κ3) is 4.68. The van der Waals surface area contributed by atoms with Gasteiger partial charge in [0.25, 0.3) is 5.91 Å². The second-order valence-corrected chi connectivity index (χ2v) is 5.98. The van der Waals surface area contributed by atoms with Gasteiger partial charge in [0, 0.05) is 30.5 Å². The summed E-state index contributed by atoms with van der Waals surface area (Å²) in [6.45, 7) is 5.40. The molecule has 1 aromatic carbocycles. The highest BCUT2D eigenvalue weighted by Crippen LogP contribution is 2.17. The molecule has 0 radical (unpaired) electrons. The van der Waals surface area contributed by atoms with Crippen LogP contribution >= 0.6 is 0 Å². The quantitative estimate of drug-likeness (QED) is 0.527. The number of anilines is 1. The van der Waals surface area contributed by atoms with Crippen molar-refractivity contribution in [2.45, 2.75) is 26.7 Å². The monoisotopic (exact) mass is 311 g/mol. The Labute approximate surface area is 136 Å². The van der Waals surface area contributed by atoms with Crippen molar-refractivity contribution in [2.24, 2.45) is 5.92 Å². The number of carbonyl (C=O) groups excluding carboxylic acids is 2. The Balaban J connectivity index is 2.05. The fourth-order valence-electron chi connectivity index (χ4n) is 2.65. The van der Waals surface area contributed by atoms with Crippen LogP contribution in [0.15, 0.2) is 36.0 Å². The lowest BCUT2D eigenvalue weighted by molar-refractivity contribution is -0.112. The Morgan fingerprint density at radius 1 is 1.35 bits per heavy atom. The zero-order valence-electron chi connectivity index (χ0n) is 13.5. The van der Waals surface area contributed by atoms with Crippen molar-refractivity contribution in [1.82, 2.24) is 4.90 Å². The first kappa shape index (κ1) is 16.8. The summed E-state index contributed by atoms with van der Waals surface area (Å²) in [7, 11) is 0. The van der Waals surface area contributed by atoms with E-state index in [1.807, 2.05) is 11.0 Å². The van der Waals surface area contributed by atoms with Crippen molar-refractivity contribution >= 4 is 17.4 Å². The number of ketones is 1. The molecule has 1 aliphatic rings. The molecule has 1 N–H and O–H groups in total. The van der Waals surface area contributed by atoms with Crippen molar-refractivity contribution < 1.29 is 9.59 Å². The number of carbonyl (C=O) groups is 2. The first-order valence-corrected chi connectivity index (χ1v) is 7.78. The van der Waals surface area contributed by atoms with Crippen molar-refractivity contribution in [3.63, 3.8) is 0 Å². The Morgan fingerprint density at radius 2 is 2.04 bits per heavy atom. The van der Waals surface area contributed by atoms with Gasteiger partial charge in [-0.1, -0.05) is 6.92 Å². The number of hydrogen-bond acceptors (Lipinski definition) is 4. The molecule has 1 unspecified atom stereocenters. The molecule has 1 saturated heterocycles. The molecule has 1 aromatic rings. The topological polar surface area (TPSA) is 73.2 Å². The molecule has 5 nitrogen and oxygen atoms in total. The average Bonchev–Trinajstić information content (AvgIpc) is 2.53. The van der Waals surface area contributed by atoms with Crippen LogP contribution in [-0.4, -0.2) is 29.7 Å². The highest BCUT2D eigenvalue weighted by molar-refractivity contribution is 6.06. The molecule has 0 saturated carbocycles. The lowest BCUT2D eigenvalue weighted by atomic mass is 10.0. The number of benzene rings is 1. The van der Waals surface area contributed by atoms with Crippen LogP contribution in [0.1, 0.15) is 37.0 Å². The summed E-state index contributed by atoms with van der Waals surface area (Å²) < 4.78 is 0. The van der Waals surface area contributed by atoms with Gasteiger partial charge in [0.15, 0.2) is 5.78 Å². The first-order valence-electron chi connectivity index (χ1n) is 7.78. The predicted octanol–water partition coefficient (Wildman–Crippen LogP) is 2.97. The molecule has 2 rings (SSSR count). The summed E-state index contributed by atoms with van der Waals surface area (Å²) in [5, 5.41) is 11.9. The Hall–Kier alpha value is -2.61. The molecule has 1 atom stereocenters. The van der Waals surface area contributed by atoms with E-state index in [0.717, 1.165) is 19.5 Å². The van der Waals surface area contributed by atoms with Gasteiger partial charge in [-0.05, 0) is 49.9 Å². The van der Waals surface area contributed by atoms with E-state index < -0.39 is 5.91 Å². The predicted molar refractivity (Wildman–Crippen MR) is 88.7 cm³/mol. The number of hydrogen-bond donors (Lipinski definition) is 1. The maximum atomic E-state index is 12.2. The molecule has 0 bridgehead atoms. The molecule has 1 heterocycles. The second kappa shape index (κ2) is 7.59. The lowest BCUT2D eigenvalue weighted by Gasteiger charge is -2.29. The Morgan fingerprint density at radius 3 is 2.61 bits per heavy atom. The van der Waals surface area contributed by atoms with Crippen molar-refractivity contribution in [3.05, 3.63) is 41.6 Å². The molecule has 5 heteroatoms. The van der Waals surface area contributed by atoms with Gasteiger partial charge in [-0.15, -0.1) is 0 Å². The van der Waals surface area contributed by atoms with E-state index in [4.69, 9.17) is 0 Å². The summed E-state index contributed by atoms with van der Waals surface area (Å²) in [4.78, 5) is 25.5. The molecule has 23 heavy (non-hydrogen) atoms. The van der Waals surface area contributed by atoms with Crippen molar-refractivity contribution in [1.29, 1.82) is 5.26 Å². The SMILES string of the molecule is CC(=O)c1ccc(NC(=O)/C(C#N)=C\N2CCCC(C)C2)cc1. The molecule has 0 spiro atoms. The highest BCUT2D eigenvalue weighted by atomic mass is 16.1. The van der Waals surface area contributed by atoms with Gasteiger partial charge in [-0.3, -0.25) is 9.59 Å². The third-order valence-corrected chi connectivity index (χ3v) is 3.91. The summed E-state index contributed by atoms with van der Waals surface area (Å²) in [5.74, 6) is 0.114. The van der Waals surface area contributed by atoms with Crippen LogP contribution in [0.25, 0.3) is 0 Å². The van der Waals surface area contributed by atoms with Crippen LogP contribution in [0.5, 0.6) is 0 Å². The maximum absolute atomic E-state index is 12.2. The van der Waals surface area contributed by atoms with E-state index in [1.54, 1.807) is 30.5 Å². The van der Waals surface area contributed by atoms with Gasteiger partial charge in [0.1, 0.15) is 11.6 Å². The molecule has 0 aromatic heterocycles.